The van der Waals surface area contributed by atoms with Gasteiger partial charge >= 0.3 is 0 Å². The smallest absolute Gasteiger partial charge is 0.267 e. The van der Waals surface area contributed by atoms with Crippen LogP contribution in [0.1, 0.15) is 16.9 Å². The monoisotopic (exact) mass is 273 g/mol. The number of carbonyl (C=O) groups is 1. The van der Waals surface area contributed by atoms with Gasteiger partial charge in [0.15, 0.2) is 0 Å². The first-order valence-electron chi connectivity index (χ1n) is 6.54. The topological polar surface area (TPSA) is 69.3 Å². The molecule has 0 saturated heterocycles. The molecule has 0 radical (unpaired) electrons. The second-order valence-electron chi connectivity index (χ2n) is 4.54. The Morgan fingerprint density at radius 1 is 1.35 bits per heavy atom. The molecule has 0 saturated carbocycles. The highest BCUT2D eigenvalue weighted by molar-refractivity contribution is 5.93. The van der Waals surface area contributed by atoms with Crippen molar-refractivity contribution in [2.45, 2.75) is 6.42 Å². The van der Waals surface area contributed by atoms with Crippen molar-refractivity contribution >= 4 is 11.6 Å². The predicted molar refractivity (Wildman–Crippen MR) is 78.7 cm³/mol. The van der Waals surface area contributed by atoms with Crippen molar-refractivity contribution in [1.29, 1.82) is 0 Å². The molecule has 0 unspecified atom stereocenters. The molecular formula is C15H19N3O2. The predicted octanol–water partition coefficient (Wildman–Crippen LogP) is 1.81. The summed E-state index contributed by atoms with van der Waals surface area (Å²) in [4.78, 5) is 11.9. The maximum absolute atomic E-state index is 11.9. The molecule has 0 fully saturated rings. The molecule has 0 aliphatic rings. The van der Waals surface area contributed by atoms with Gasteiger partial charge in [-0.1, -0.05) is 18.2 Å². The van der Waals surface area contributed by atoms with Crippen molar-refractivity contribution in [2.75, 3.05) is 18.9 Å². The SMILES string of the molecule is Cn1cc(N)cc1C(=O)NCCCOc1ccccc1. The largest absolute Gasteiger partial charge is 0.494 e. The van der Waals surface area contributed by atoms with Crippen LogP contribution < -0.4 is 15.8 Å². The highest BCUT2D eigenvalue weighted by Gasteiger charge is 2.09. The van der Waals surface area contributed by atoms with Crippen LogP contribution in [0.3, 0.4) is 0 Å². The van der Waals surface area contributed by atoms with E-state index < -0.39 is 0 Å². The summed E-state index contributed by atoms with van der Waals surface area (Å²) < 4.78 is 7.26. The summed E-state index contributed by atoms with van der Waals surface area (Å²) in [6.45, 7) is 1.14. The van der Waals surface area contributed by atoms with Gasteiger partial charge in [-0.25, -0.2) is 0 Å². The molecule has 3 N–H and O–H groups in total. The molecule has 2 aromatic rings. The standard InChI is InChI=1S/C15H19N3O2/c1-18-11-12(16)10-14(18)15(19)17-8-5-9-20-13-6-3-2-4-7-13/h2-4,6-7,10-11H,5,8-9,16H2,1H3,(H,17,19). The fraction of sp³-hybridized carbons (Fsp3) is 0.267. The molecule has 5 nitrogen and oxygen atoms in total. The number of para-hydroxylation sites is 1. The number of ether oxygens (including phenoxy) is 1. The van der Waals surface area contributed by atoms with Gasteiger partial charge in [0, 0.05) is 19.8 Å². The van der Waals surface area contributed by atoms with E-state index in [1.54, 1.807) is 23.9 Å². The molecule has 20 heavy (non-hydrogen) atoms. The zero-order chi connectivity index (χ0) is 14.4. The summed E-state index contributed by atoms with van der Waals surface area (Å²) in [7, 11) is 1.80. The average Bonchev–Trinajstić information content (AvgIpc) is 2.78. The minimum absolute atomic E-state index is 0.121. The van der Waals surface area contributed by atoms with E-state index in [0.717, 1.165) is 12.2 Å². The van der Waals surface area contributed by atoms with E-state index in [9.17, 15) is 4.79 Å². The molecule has 0 bridgehead atoms. The maximum atomic E-state index is 11.9. The van der Waals surface area contributed by atoms with Crippen molar-refractivity contribution in [3.05, 3.63) is 48.3 Å². The van der Waals surface area contributed by atoms with E-state index in [4.69, 9.17) is 10.5 Å². The van der Waals surface area contributed by atoms with Crippen molar-refractivity contribution in [1.82, 2.24) is 9.88 Å². The van der Waals surface area contributed by atoms with Crippen LogP contribution in [0.4, 0.5) is 5.69 Å². The third-order valence-electron chi connectivity index (χ3n) is 2.88. The Hall–Kier alpha value is -2.43. The second kappa shape index (κ2) is 6.65. The first-order chi connectivity index (χ1) is 9.66. The molecule has 5 heteroatoms. The first kappa shape index (κ1) is 14.0. The Bertz CT molecular complexity index is 564. The van der Waals surface area contributed by atoms with Crippen LogP contribution in [-0.4, -0.2) is 23.6 Å². The van der Waals surface area contributed by atoms with Crippen molar-refractivity contribution < 1.29 is 9.53 Å². The van der Waals surface area contributed by atoms with Gasteiger partial charge in [0.05, 0.1) is 12.3 Å². The van der Waals surface area contributed by atoms with Crippen LogP contribution in [0.25, 0.3) is 0 Å². The number of rotatable bonds is 6. The summed E-state index contributed by atoms with van der Waals surface area (Å²) in [5.41, 5.74) is 6.79. The third-order valence-corrected chi connectivity index (χ3v) is 2.88. The molecule has 1 aromatic carbocycles. The van der Waals surface area contributed by atoms with E-state index in [-0.39, 0.29) is 5.91 Å². The summed E-state index contributed by atoms with van der Waals surface area (Å²) >= 11 is 0. The lowest BCUT2D eigenvalue weighted by Gasteiger charge is -2.07. The molecule has 1 amide bonds. The molecule has 2 rings (SSSR count). The minimum atomic E-state index is -0.121. The van der Waals surface area contributed by atoms with Gasteiger partial charge in [-0.15, -0.1) is 0 Å². The van der Waals surface area contributed by atoms with Crippen molar-refractivity contribution in [2.24, 2.45) is 7.05 Å². The molecule has 0 aliphatic heterocycles. The van der Waals surface area contributed by atoms with Crippen molar-refractivity contribution in [3.8, 4) is 5.75 Å². The fourth-order valence-corrected chi connectivity index (χ4v) is 1.89. The molecule has 1 aromatic heterocycles. The lowest BCUT2D eigenvalue weighted by atomic mass is 10.3. The van der Waals surface area contributed by atoms with Crippen molar-refractivity contribution in [3.63, 3.8) is 0 Å². The number of aryl methyl sites for hydroxylation is 1. The van der Waals surface area contributed by atoms with E-state index in [1.165, 1.54) is 0 Å². The van der Waals surface area contributed by atoms with Crippen LogP contribution in [0.2, 0.25) is 0 Å². The Kier molecular flexibility index (Phi) is 4.65. The summed E-state index contributed by atoms with van der Waals surface area (Å²) in [6, 6.07) is 11.3. The number of hydrogen-bond acceptors (Lipinski definition) is 3. The van der Waals surface area contributed by atoms with Gasteiger partial charge in [-0.2, -0.15) is 0 Å². The summed E-state index contributed by atoms with van der Waals surface area (Å²) in [5.74, 6) is 0.720. The number of hydrogen-bond donors (Lipinski definition) is 2. The number of nitrogen functional groups attached to an aromatic ring is 1. The lowest BCUT2D eigenvalue weighted by molar-refractivity contribution is 0.0943. The van der Waals surface area contributed by atoms with Gasteiger partial charge in [0.1, 0.15) is 11.4 Å². The number of nitrogens with two attached hydrogens (primary N) is 1. The first-order valence-corrected chi connectivity index (χ1v) is 6.54. The van der Waals surface area contributed by atoms with E-state index in [0.29, 0.717) is 24.5 Å². The van der Waals surface area contributed by atoms with Gasteiger partial charge in [-0.3, -0.25) is 4.79 Å². The number of benzene rings is 1. The Morgan fingerprint density at radius 3 is 2.75 bits per heavy atom. The highest BCUT2D eigenvalue weighted by Crippen LogP contribution is 2.09. The molecule has 0 atom stereocenters. The zero-order valence-corrected chi connectivity index (χ0v) is 11.5. The Balaban J connectivity index is 1.68. The van der Waals surface area contributed by atoms with Gasteiger partial charge in [0.25, 0.3) is 5.91 Å². The van der Waals surface area contributed by atoms with Crippen LogP contribution in [-0.2, 0) is 7.05 Å². The van der Waals surface area contributed by atoms with Crippen LogP contribution in [0, 0.1) is 0 Å². The van der Waals surface area contributed by atoms with E-state index in [1.807, 2.05) is 30.3 Å². The van der Waals surface area contributed by atoms with E-state index >= 15 is 0 Å². The van der Waals surface area contributed by atoms with E-state index in [2.05, 4.69) is 5.32 Å². The van der Waals surface area contributed by atoms with Gasteiger partial charge in [0.2, 0.25) is 0 Å². The van der Waals surface area contributed by atoms with Crippen LogP contribution in [0.15, 0.2) is 42.6 Å². The minimum Gasteiger partial charge on any atom is -0.494 e. The quantitative estimate of drug-likeness (QED) is 0.789. The highest BCUT2D eigenvalue weighted by atomic mass is 16.5. The zero-order valence-electron chi connectivity index (χ0n) is 11.5. The molecule has 1 heterocycles. The Labute approximate surface area is 118 Å². The van der Waals surface area contributed by atoms with Crippen LogP contribution >= 0.6 is 0 Å². The summed E-state index contributed by atoms with van der Waals surface area (Å²) in [5, 5.41) is 2.84. The molecule has 0 aliphatic carbocycles. The number of amides is 1. The van der Waals surface area contributed by atoms with Gasteiger partial charge in [-0.05, 0) is 24.6 Å². The fourth-order valence-electron chi connectivity index (χ4n) is 1.89. The molecular weight excluding hydrogens is 254 g/mol. The number of nitrogens with one attached hydrogen (secondary N) is 1. The molecule has 106 valence electrons. The number of carbonyl (C=O) groups excluding carboxylic acids is 1. The van der Waals surface area contributed by atoms with Gasteiger partial charge < -0.3 is 20.4 Å². The second-order valence-corrected chi connectivity index (χ2v) is 4.54. The number of aromatic nitrogens is 1. The third kappa shape index (κ3) is 3.78. The lowest BCUT2D eigenvalue weighted by Crippen LogP contribution is -2.27. The summed E-state index contributed by atoms with van der Waals surface area (Å²) in [6.07, 6.45) is 2.47. The number of anilines is 1. The van der Waals surface area contributed by atoms with Crippen LogP contribution in [0.5, 0.6) is 5.75 Å². The number of nitrogens with zero attached hydrogens (tertiary/aromatic N) is 1. The normalized spacial score (nSPS) is 10.2. The molecule has 0 spiro atoms. The average molecular weight is 273 g/mol. The maximum Gasteiger partial charge on any atom is 0.267 e. The Morgan fingerprint density at radius 2 is 2.10 bits per heavy atom.